The van der Waals surface area contributed by atoms with Gasteiger partial charge in [-0.05, 0) is 49.5 Å². The molecule has 0 heterocycles. The minimum Gasteiger partial charge on any atom is -0.330 e. The fraction of sp³-hybridized carbons (Fsp3) is 1.00. The van der Waals surface area contributed by atoms with Crippen LogP contribution in [-0.4, -0.2) is 6.54 Å². The van der Waals surface area contributed by atoms with E-state index in [2.05, 4.69) is 20.8 Å². The Bertz CT molecular complexity index is 186. The van der Waals surface area contributed by atoms with Crippen molar-refractivity contribution in [3.63, 3.8) is 0 Å². The van der Waals surface area contributed by atoms with Gasteiger partial charge in [0.2, 0.25) is 0 Å². The maximum atomic E-state index is 5.73. The Kier molecular flexibility index (Phi) is 5.82. The van der Waals surface area contributed by atoms with Gasteiger partial charge in [-0.15, -0.1) is 0 Å². The molecule has 0 saturated heterocycles. The molecule has 16 heavy (non-hydrogen) atoms. The van der Waals surface area contributed by atoms with E-state index in [0.29, 0.717) is 5.41 Å². The molecule has 2 unspecified atom stereocenters. The molecule has 1 fully saturated rings. The monoisotopic (exact) mass is 225 g/mol. The van der Waals surface area contributed by atoms with Crippen molar-refractivity contribution in [3.8, 4) is 0 Å². The van der Waals surface area contributed by atoms with Crippen molar-refractivity contribution < 1.29 is 0 Å². The van der Waals surface area contributed by atoms with Gasteiger partial charge in [0.1, 0.15) is 0 Å². The second-order valence-electron chi connectivity index (χ2n) is 6.56. The molecule has 1 aliphatic carbocycles. The van der Waals surface area contributed by atoms with Gasteiger partial charge in [-0.1, -0.05) is 46.5 Å². The van der Waals surface area contributed by atoms with Crippen LogP contribution in [0.3, 0.4) is 0 Å². The van der Waals surface area contributed by atoms with E-state index >= 15 is 0 Å². The summed E-state index contributed by atoms with van der Waals surface area (Å²) < 4.78 is 0. The summed E-state index contributed by atoms with van der Waals surface area (Å²) in [6.07, 6.45) is 11.1. The van der Waals surface area contributed by atoms with Gasteiger partial charge < -0.3 is 5.73 Å². The Hall–Kier alpha value is -0.0400. The van der Waals surface area contributed by atoms with E-state index in [9.17, 15) is 0 Å². The van der Waals surface area contributed by atoms with Crippen molar-refractivity contribution in [2.45, 2.75) is 72.1 Å². The van der Waals surface area contributed by atoms with Crippen LogP contribution >= 0.6 is 0 Å². The van der Waals surface area contributed by atoms with Gasteiger partial charge in [0.15, 0.2) is 0 Å². The lowest BCUT2D eigenvalue weighted by Crippen LogP contribution is -2.19. The molecule has 0 amide bonds. The largest absolute Gasteiger partial charge is 0.330 e. The predicted octanol–water partition coefficient (Wildman–Crippen LogP) is 4.36. The van der Waals surface area contributed by atoms with Crippen LogP contribution < -0.4 is 5.73 Å². The van der Waals surface area contributed by atoms with Crippen LogP contribution in [0.2, 0.25) is 0 Å². The minimum absolute atomic E-state index is 0.539. The van der Waals surface area contributed by atoms with Crippen LogP contribution in [0, 0.1) is 17.3 Å². The molecule has 2 N–H and O–H groups in total. The first-order valence-corrected chi connectivity index (χ1v) is 7.27. The fourth-order valence-electron chi connectivity index (χ4n) is 3.31. The molecule has 0 aliphatic heterocycles. The number of nitrogens with two attached hydrogens (primary N) is 1. The third kappa shape index (κ3) is 4.86. The molecular formula is C15H31N. The molecule has 1 rings (SSSR count). The van der Waals surface area contributed by atoms with E-state index in [-0.39, 0.29) is 0 Å². The zero-order valence-electron chi connectivity index (χ0n) is 11.6. The highest BCUT2D eigenvalue weighted by Crippen LogP contribution is 2.38. The van der Waals surface area contributed by atoms with E-state index < -0.39 is 0 Å². The average molecular weight is 225 g/mol. The van der Waals surface area contributed by atoms with Gasteiger partial charge in [-0.25, -0.2) is 0 Å². The summed E-state index contributed by atoms with van der Waals surface area (Å²) >= 11 is 0. The van der Waals surface area contributed by atoms with E-state index in [1.54, 1.807) is 0 Å². The summed E-state index contributed by atoms with van der Waals surface area (Å²) in [5.41, 5.74) is 6.27. The Labute approximate surface area is 102 Å². The van der Waals surface area contributed by atoms with Crippen LogP contribution in [0.15, 0.2) is 0 Å². The number of hydrogen-bond acceptors (Lipinski definition) is 1. The second kappa shape index (κ2) is 6.64. The van der Waals surface area contributed by atoms with Crippen molar-refractivity contribution in [1.29, 1.82) is 0 Å². The van der Waals surface area contributed by atoms with Crippen LogP contribution in [0.4, 0.5) is 0 Å². The highest BCUT2D eigenvalue weighted by molar-refractivity contribution is 4.78. The lowest BCUT2D eigenvalue weighted by Gasteiger charge is -2.29. The molecule has 2 atom stereocenters. The van der Waals surface area contributed by atoms with Gasteiger partial charge in [-0.3, -0.25) is 0 Å². The van der Waals surface area contributed by atoms with Gasteiger partial charge in [-0.2, -0.15) is 0 Å². The topological polar surface area (TPSA) is 26.0 Å². The summed E-state index contributed by atoms with van der Waals surface area (Å²) in [6, 6.07) is 0. The molecule has 0 aromatic carbocycles. The van der Waals surface area contributed by atoms with Gasteiger partial charge >= 0.3 is 0 Å². The van der Waals surface area contributed by atoms with Crippen LogP contribution in [-0.2, 0) is 0 Å². The summed E-state index contributed by atoms with van der Waals surface area (Å²) in [5.74, 6) is 1.87. The summed E-state index contributed by atoms with van der Waals surface area (Å²) in [5, 5.41) is 0. The smallest absolute Gasteiger partial charge is 0.00746 e. The molecule has 0 spiro atoms. The highest BCUT2D eigenvalue weighted by atomic mass is 14.5. The predicted molar refractivity (Wildman–Crippen MR) is 72.4 cm³/mol. The van der Waals surface area contributed by atoms with Gasteiger partial charge in [0.05, 0.1) is 0 Å². The number of hydrogen-bond donors (Lipinski definition) is 1. The fourth-order valence-corrected chi connectivity index (χ4v) is 3.31. The van der Waals surface area contributed by atoms with Crippen molar-refractivity contribution in [2.24, 2.45) is 23.0 Å². The molecule has 0 bridgehead atoms. The molecular weight excluding hydrogens is 194 g/mol. The average Bonchev–Trinajstić information content (AvgIpc) is 2.28. The highest BCUT2D eigenvalue weighted by Gasteiger charge is 2.25. The van der Waals surface area contributed by atoms with Crippen molar-refractivity contribution >= 4 is 0 Å². The molecule has 0 aromatic rings. The third-order valence-corrected chi connectivity index (χ3v) is 4.45. The van der Waals surface area contributed by atoms with Crippen LogP contribution in [0.1, 0.15) is 72.1 Å². The van der Waals surface area contributed by atoms with E-state index in [4.69, 9.17) is 5.73 Å². The van der Waals surface area contributed by atoms with Crippen molar-refractivity contribution in [1.82, 2.24) is 0 Å². The zero-order chi connectivity index (χ0) is 12.0. The molecule has 1 heteroatoms. The molecule has 0 radical (unpaired) electrons. The van der Waals surface area contributed by atoms with Gasteiger partial charge in [0.25, 0.3) is 0 Å². The van der Waals surface area contributed by atoms with Crippen molar-refractivity contribution in [2.75, 3.05) is 6.54 Å². The summed E-state index contributed by atoms with van der Waals surface area (Å²) in [4.78, 5) is 0. The summed E-state index contributed by atoms with van der Waals surface area (Å²) in [6.45, 7) is 8.13. The first-order chi connectivity index (χ1) is 7.57. The maximum Gasteiger partial charge on any atom is -0.00746 e. The standard InChI is InChI=1S/C15H31N/c1-4-13-6-5-7-14(9-11-16)12-15(2,3)10-8-13/h13-14H,4-12,16H2,1-3H3. The SMILES string of the molecule is CCC1CCCC(CCN)CC(C)(C)CC1. The van der Waals surface area contributed by atoms with E-state index in [0.717, 1.165) is 18.4 Å². The Balaban J connectivity index is 2.55. The third-order valence-electron chi connectivity index (χ3n) is 4.45. The van der Waals surface area contributed by atoms with Crippen molar-refractivity contribution in [3.05, 3.63) is 0 Å². The van der Waals surface area contributed by atoms with Crippen LogP contribution in [0.25, 0.3) is 0 Å². The Morgan fingerprint density at radius 1 is 1.12 bits per heavy atom. The number of rotatable bonds is 3. The normalized spacial score (nSPS) is 31.5. The molecule has 0 aromatic heterocycles. The van der Waals surface area contributed by atoms with E-state index in [1.807, 2.05) is 0 Å². The van der Waals surface area contributed by atoms with E-state index in [1.165, 1.54) is 51.4 Å². The molecule has 1 saturated carbocycles. The molecule has 1 nitrogen and oxygen atoms in total. The summed E-state index contributed by atoms with van der Waals surface area (Å²) in [7, 11) is 0. The van der Waals surface area contributed by atoms with Gasteiger partial charge in [0, 0.05) is 0 Å². The Morgan fingerprint density at radius 3 is 2.44 bits per heavy atom. The molecule has 1 aliphatic rings. The quantitative estimate of drug-likeness (QED) is 0.759. The second-order valence-corrected chi connectivity index (χ2v) is 6.56. The maximum absolute atomic E-state index is 5.73. The lowest BCUT2D eigenvalue weighted by atomic mass is 9.77. The first kappa shape index (κ1) is 14.0. The lowest BCUT2D eigenvalue weighted by molar-refractivity contribution is 0.227. The van der Waals surface area contributed by atoms with Crippen LogP contribution in [0.5, 0.6) is 0 Å². The molecule has 96 valence electrons. The Morgan fingerprint density at radius 2 is 1.81 bits per heavy atom. The first-order valence-electron chi connectivity index (χ1n) is 7.27. The minimum atomic E-state index is 0.539. The zero-order valence-corrected chi connectivity index (χ0v) is 11.6.